The second kappa shape index (κ2) is 6.08. The van der Waals surface area contributed by atoms with Gasteiger partial charge >= 0.3 is 5.63 Å². The van der Waals surface area contributed by atoms with Crippen LogP contribution in [0.4, 0.5) is 0 Å². The van der Waals surface area contributed by atoms with Crippen molar-refractivity contribution in [3.63, 3.8) is 0 Å². The Labute approximate surface area is 99.7 Å². The van der Waals surface area contributed by atoms with Gasteiger partial charge in [-0.3, -0.25) is 0 Å². The van der Waals surface area contributed by atoms with Gasteiger partial charge in [0, 0.05) is 6.07 Å². The summed E-state index contributed by atoms with van der Waals surface area (Å²) in [4.78, 5) is 16.6. The molecule has 0 fully saturated rings. The van der Waals surface area contributed by atoms with Crippen LogP contribution in [0.15, 0.2) is 20.4 Å². The van der Waals surface area contributed by atoms with E-state index in [9.17, 15) is 9.90 Å². The van der Waals surface area contributed by atoms with Gasteiger partial charge in [-0.25, -0.2) is 4.79 Å². The third kappa shape index (κ3) is 3.34. The zero-order valence-electron chi connectivity index (χ0n) is 10.3. The lowest BCUT2D eigenvalue weighted by atomic mass is 10.1. The number of aromatic hydroxyl groups is 1. The summed E-state index contributed by atoms with van der Waals surface area (Å²) in [5.74, 6) is 0.245. The quantitative estimate of drug-likeness (QED) is 0.631. The summed E-state index contributed by atoms with van der Waals surface area (Å²) in [6.45, 7) is 5.76. The maximum atomic E-state index is 11.7. The van der Waals surface area contributed by atoms with Gasteiger partial charge in [0.15, 0.2) is 0 Å². The van der Waals surface area contributed by atoms with Crippen molar-refractivity contribution in [3.8, 4) is 5.75 Å². The van der Waals surface area contributed by atoms with Gasteiger partial charge < -0.3 is 14.4 Å². The summed E-state index contributed by atoms with van der Waals surface area (Å²) in [5, 5.41) is 13.6. The molecule has 0 amide bonds. The van der Waals surface area contributed by atoms with E-state index >= 15 is 0 Å². The predicted molar refractivity (Wildman–Crippen MR) is 64.5 cm³/mol. The lowest BCUT2D eigenvalue weighted by molar-refractivity contribution is 0.158. The molecule has 0 aliphatic carbocycles. The molecule has 17 heavy (non-hydrogen) atoms. The molecule has 0 spiro atoms. The number of nitrogens with zero attached hydrogens (tertiary/aromatic N) is 1. The Bertz CT molecular complexity index is 462. The second-order valence-electron chi connectivity index (χ2n) is 3.61. The van der Waals surface area contributed by atoms with E-state index < -0.39 is 5.63 Å². The molecular formula is C12H17NO4. The summed E-state index contributed by atoms with van der Waals surface area (Å²) in [7, 11) is 0. The average Bonchev–Trinajstić information content (AvgIpc) is 2.24. The van der Waals surface area contributed by atoms with Crippen LogP contribution >= 0.6 is 0 Å². The normalized spacial score (nSPS) is 11.6. The van der Waals surface area contributed by atoms with Crippen molar-refractivity contribution in [1.29, 1.82) is 0 Å². The topological polar surface area (TPSA) is 72.0 Å². The smallest absolute Gasteiger partial charge is 0.349 e. The fourth-order valence-electron chi connectivity index (χ4n) is 1.46. The number of rotatable bonds is 5. The van der Waals surface area contributed by atoms with E-state index in [2.05, 4.69) is 5.16 Å². The van der Waals surface area contributed by atoms with Gasteiger partial charge in [-0.05, 0) is 20.3 Å². The minimum atomic E-state index is -0.589. The molecule has 5 heteroatoms. The monoisotopic (exact) mass is 239 g/mol. The second-order valence-corrected chi connectivity index (χ2v) is 3.61. The van der Waals surface area contributed by atoms with Gasteiger partial charge in [-0.15, -0.1) is 0 Å². The molecule has 5 nitrogen and oxygen atoms in total. The van der Waals surface area contributed by atoms with Gasteiger partial charge in [-0.2, -0.15) is 0 Å². The average molecular weight is 239 g/mol. The molecule has 0 bridgehead atoms. The van der Waals surface area contributed by atoms with Crippen LogP contribution in [0.3, 0.4) is 0 Å². The van der Waals surface area contributed by atoms with E-state index in [0.29, 0.717) is 24.5 Å². The molecule has 0 saturated heterocycles. The van der Waals surface area contributed by atoms with Crippen LogP contribution in [-0.2, 0) is 4.84 Å². The molecule has 1 heterocycles. The van der Waals surface area contributed by atoms with E-state index in [0.717, 1.165) is 6.42 Å². The highest BCUT2D eigenvalue weighted by Crippen LogP contribution is 2.17. The summed E-state index contributed by atoms with van der Waals surface area (Å²) in [6.07, 6.45) is 1.33. The Morgan fingerprint density at radius 3 is 2.76 bits per heavy atom. The molecule has 1 aromatic rings. The Hall–Kier alpha value is -1.78. The van der Waals surface area contributed by atoms with Crippen LogP contribution in [0.2, 0.25) is 0 Å². The van der Waals surface area contributed by atoms with Crippen molar-refractivity contribution in [2.45, 2.75) is 33.6 Å². The molecule has 1 N–H and O–H groups in total. The fourth-order valence-corrected chi connectivity index (χ4v) is 1.46. The number of aryl methyl sites for hydroxylation is 1. The fraction of sp³-hybridized carbons (Fsp3) is 0.500. The van der Waals surface area contributed by atoms with Crippen LogP contribution in [0.25, 0.3) is 0 Å². The first-order valence-electron chi connectivity index (χ1n) is 5.63. The van der Waals surface area contributed by atoms with Crippen molar-refractivity contribution >= 4 is 5.71 Å². The zero-order valence-corrected chi connectivity index (χ0v) is 10.3. The Balaban J connectivity index is 3.23. The van der Waals surface area contributed by atoms with E-state index in [1.54, 1.807) is 13.8 Å². The third-order valence-electron chi connectivity index (χ3n) is 2.13. The van der Waals surface area contributed by atoms with Crippen molar-refractivity contribution in [3.05, 3.63) is 27.8 Å². The van der Waals surface area contributed by atoms with E-state index in [1.807, 2.05) is 6.92 Å². The SMILES string of the molecule is CCCC(=NOCC)c1c(O)cc(C)oc1=O. The maximum absolute atomic E-state index is 11.7. The minimum absolute atomic E-state index is 0.0888. The highest BCUT2D eigenvalue weighted by Gasteiger charge is 2.16. The Kier molecular flexibility index (Phi) is 4.75. The number of hydrogen-bond acceptors (Lipinski definition) is 5. The number of hydrogen-bond donors (Lipinski definition) is 1. The highest BCUT2D eigenvalue weighted by atomic mass is 16.6. The summed E-state index contributed by atoms with van der Waals surface area (Å²) in [5.41, 5.74) is -0.0825. The van der Waals surface area contributed by atoms with Crippen LogP contribution < -0.4 is 5.63 Å². The molecule has 0 aliphatic rings. The van der Waals surface area contributed by atoms with E-state index in [4.69, 9.17) is 9.25 Å². The van der Waals surface area contributed by atoms with Gasteiger partial charge in [0.1, 0.15) is 23.7 Å². The summed E-state index contributed by atoms with van der Waals surface area (Å²) in [6, 6.07) is 1.40. The Morgan fingerprint density at radius 2 is 2.24 bits per heavy atom. The van der Waals surface area contributed by atoms with Gasteiger partial charge in [0.2, 0.25) is 0 Å². The molecule has 0 aromatic carbocycles. The molecule has 0 aliphatic heterocycles. The Morgan fingerprint density at radius 1 is 1.53 bits per heavy atom. The summed E-state index contributed by atoms with van der Waals surface area (Å²) >= 11 is 0. The van der Waals surface area contributed by atoms with Crippen molar-refractivity contribution in [2.75, 3.05) is 6.61 Å². The first-order valence-corrected chi connectivity index (χ1v) is 5.63. The highest BCUT2D eigenvalue weighted by molar-refractivity contribution is 6.01. The van der Waals surface area contributed by atoms with Gasteiger partial charge in [-0.1, -0.05) is 18.5 Å². The molecule has 94 valence electrons. The molecule has 0 radical (unpaired) electrons. The van der Waals surface area contributed by atoms with Gasteiger partial charge in [0.05, 0.1) is 5.71 Å². The van der Waals surface area contributed by atoms with Crippen LogP contribution in [0.5, 0.6) is 5.75 Å². The van der Waals surface area contributed by atoms with Crippen LogP contribution in [-0.4, -0.2) is 17.4 Å². The molecule has 0 saturated carbocycles. The van der Waals surface area contributed by atoms with Gasteiger partial charge in [0.25, 0.3) is 0 Å². The van der Waals surface area contributed by atoms with Crippen molar-refractivity contribution < 1.29 is 14.4 Å². The van der Waals surface area contributed by atoms with E-state index in [1.165, 1.54) is 6.07 Å². The molecule has 0 unspecified atom stereocenters. The molecular weight excluding hydrogens is 222 g/mol. The van der Waals surface area contributed by atoms with Crippen molar-refractivity contribution in [2.24, 2.45) is 5.16 Å². The zero-order chi connectivity index (χ0) is 12.8. The third-order valence-corrected chi connectivity index (χ3v) is 2.13. The lowest BCUT2D eigenvalue weighted by Gasteiger charge is -2.06. The minimum Gasteiger partial charge on any atom is -0.507 e. The standard InChI is InChI=1S/C12H17NO4/c1-4-6-9(13-16-5-2)11-10(14)7-8(3)17-12(11)15/h7,14H,4-6H2,1-3H3. The first kappa shape index (κ1) is 13.3. The largest absolute Gasteiger partial charge is 0.507 e. The van der Waals surface area contributed by atoms with Crippen LogP contribution in [0, 0.1) is 6.92 Å². The van der Waals surface area contributed by atoms with Crippen molar-refractivity contribution in [1.82, 2.24) is 0 Å². The van der Waals surface area contributed by atoms with Crippen LogP contribution in [0.1, 0.15) is 38.0 Å². The summed E-state index contributed by atoms with van der Waals surface area (Å²) < 4.78 is 4.94. The van der Waals surface area contributed by atoms with E-state index in [-0.39, 0.29) is 11.3 Å². The predicted octanol–water partition coefficient (Wildman–Crippen LogP) is 2.19. The number of oxime groups is 1. The lowest BCUT2D eigenvalue weighted by Crippen LogP contribution is -2.16. The maximum Gasteiger partial charge on any atom is 0.349 e. The molecule has 1 aromatic heterocycles. The first-order chi connectivity index (χ1) is 8.10. The molecule has 0 atom stereocenters. The molecule has 1 rings (SSSR count).